The summed E-state index contributed by atoms with van der Waals surface area (Å²) < 4.78 is 65.8. The molecule has 34 heavy (non-hydrogen) atoms. The number of Topliss-reactive ketones (excluding diaryl/α,β-unsaturated/α-hetero) is 1. The lowest BCUT2D eigenvalue weighted by molar-refractivity contribution is -0.137. The largest absolute Gasteiger partial charge is 0.416 e. The maximum atomic E-state index is 14.0. The number of carbonyl (C=O) groups excluding carboxylic acids is 2. The fraction of sp³-hybridized carbons (Fsp3) is 0.292. The normalized spacial score (nSPS) is 14.9. The lowest BCUT2D eigenvalue weighted by Gasteiger charge is -2.31. The zero-order valence-corrected chi connectivity index (χ0v) is 18.8. The average molecular weight is 494 g/mol. The van der Waals surface area contributed by atoms with Gasteiger partial charge in [-0.1, -0.05) is 12.1 Å². The summed E-state index contributed by atoms with van der Waals surface area (Å²) in [4.78, 5) is 32.0. The van der Waals surface area contributed by atoms with Gasteiger partial charge in [0.1, 0.15) is 21.5 Å². The Labute approximate surface area is 196 Å². The van der Waals surface area contributed by atoms with Crippen molar-refractivity contribution in [1.82, 2.24) is 9.88 Å². The maximum absolute atomic E-state index is 14.0. The van der Waals surface area contributed by atoms with Crippen molar-refractivity contribution < 1.29 is 31.5 Å². The number of nitrogens with zero attached hydrogens (tertiary/aromatic N) is 2. The van der Waals surface area contributed by atoms with Crippen LogP contribution in [0.3, 0.4) is 0 Å². The lowest BCUT2D eigenvalue weighted by atomic mass is 9.88. The van der Waals surface area contributed by atoms with E-state index in [9.17, 15) is 31.5 Å². The minimum absolute atomic E-state index is 0.263. The van der Waals surface area contributed by atoms with Gasteiger partial charge < -0.3 is 4.90 Å². The first-order chi connectivity index (χ1) is 16.0. The number of carbonyl (C=O) groups is 2. The van der Waals surface area contributed by atoms with Crippen LogP contribution < -0.4 is 0 Å². The molecule has 4 rings (SSSR count). The smallest absolute Gasteiger partial charge is 0.338 e. The van der Waals surface area contributed by atoms with Gasteiger partial charge in [-0.2, -0.15) is 13.2 Å². The summed E-state index contributed by atoms with van der Waals surface area (Å²) in [6.45, 7) is 2.18. The van der Waals surface area contributed by atoms with Crippen LogP contribution in [0.2, 0.25) is 0 Å². The van der Waals surface area contributed by atoms with Crippen molar-refractivity contribution in [2.24, 2.45) is 5.92 Å². The summed E-state index contributed by atoms with van der Waals surface area (Å²) in [6.07, 6.45) is -3.82. The van der Waals surface area contributed by atoms with Crippen molar-refractivity contribution in [3.8, 4) is 10.6 Å². The Bertz CT molecular complexity index is 1230. The predicted molar refractivity (Wildman–Crippen MR) is 117 cm³/mol. The molecule has 2 heterocycles. The average Bonchev–Trinajstić information content (AvgIpc) is 3.21. The van der Waals surface area contributed by atoms with Crippen LogP contribution in [-0.2, 0) is 6.18 Å². The summed E-state index contributed by atoms with van der Waals surface area (Å²) in [5.74, 6) is -2.76. The van der Waals surface area contributed by atoms with Crippen molar-refractivity contribution in [3.05, 3.63) is 75.8 Å². The van der Waals surface area contributed by atoms with Crippen molar-refractivity contribution in [3.63, 3.8) is 0 Å². The number of amides is 1. The second-order valence-corrected chi connectivity index (χ2v) is 9.06. The van der Waals surface area contributed by atoms with Crippen molar-refractivity contribution in [1.29, 1.82) is 0 Å². The third kappa shape index (κ3) is 4.86. The molecule has 1 aliphatic heterocycles. The number of thiazole rings is 1. The molecule has 0 spiro atoms. The molecule has 1 aliphatic rings. The first-order valence-corrected chi connectivity index (χ1v) is 11.3. The fourth-order valence-electron chi connectivity index (χ4n) is 3.91. The van der Waals surface area contributed by atoms with Crippen LogP contribution in [0, 0.1) is 24.5 Å². The highest BCUT2D eigenvalue weighted by Crippen LogP contribution is 2.34. The topological polar surface area (TPSA) is 50.3 Å². The molecule has 0 bridgehead atoms. The maximum Gasteiger partial charge on any atom is 0.416 e. The van der Waals surface area contributed by atoms with E-state index in [-0.39, 0.29) is 24.6 Å². The van der Waals surface area contributed by atoms with Gasteiger partial charge in [0.25, 0.3) is 5.91 Å². The number of rotatable bonds is 4. The predicted octanol–water partition coefficient (Wildman–Crippen LogP) is 6.15. The van der Waals surface area contributed by atoms with E-state index in [1.54, 1.807) is 11.8 Å². The van der Waals surface area contributed by atoms with Crippen LogP contribution in [0.25, 0.3) is 10.6 Å². The van der Waals surface area contributed by atoms with E-state index in [2.05, 4.69) is 4.98 Å². The van der Waals surface area contributed by atoms with Gasteiger partial charge in [0, 0.05) is 24.6 Å². The minimum atomic E-state index is -4.44. The Kier molecular flexibility index (Phi) is 6.53. The number of aryl methyl sites for hydroxylation is 1. The molecule has 10 heteroatoms. The molecule has 0 atom stereocenters. The molecule has 1 fully saturated rings. The molecular weight excluding hydrogens is 475 g/mol. The highest BCUT2D eigenvalue weighted by Gasteiger charge is 2.32. The van der Waals surface area contributed by atoms with Gasteiger partial charge in [0.2, 0.25) is 0 Å². The minimum Gasteiger partial charge on any atom is -0.338 e. The number of aromatic nitrogens is 1. The second-order valence-electron chi connectivity index (χ2n) is 8.06. The van der Waals surface area contributed by atoms with Gasteiger partial charge in [0.15, 0.2) is 5.78 Å². The molecule has 4 nitrogen and oxygen atoms in total. The highest BCUT2D eigenvalue weighted by atomic mass is 32.1. The number of hydrogen-bond acceptors (Lipinski definition) is 4. The second kappa shape index (κ2) is 9.25. The molecular formula is C24H19F5N2O2S. The van der Waals surface area contributed by atoms with E-state index in [1.807, 2.05) is 0 Å². The van der Waals surface area contributed by atoms with E-state index in [1.165, 1.54) is 12.1 Å². The third-order valence-electron chi connectivity index (χ3n) is 5.80. The summed E-state index contributed by atoms with van der Waals surface area (Å²) in [6, 6.07) is 7.33. The molecule has 0 aliphatic carbocycles. The van der Waals surface area contributed by atoms with Crippen LogP contribution in [0.5, 0.6) is 0 Å². The molecule has 0 unspecified atom stereocenters. The van der Waals surface area contributed by atoms with Crippen LogP contribution in [0.4, 0.5) is 22.0 Å². The van der Waals surface area contributed by atoms with Gasteiger partial charge in [0.05, 0.1) is 16.8 Å². The lowest BCUT2D eigenvalue weighted by Crippen LogP contribution is -2.40. The van der Waals surface area contributed by atoms with Crippen LogP contribution in [0.15, 0.2) is 42.5 Å². The van der Waals surface area contributed by atoms with Gasteiger partial charge in [-0.05, 0) is 50.1 Å². The standard InChI is InChI=1S/C24H19F5N2O2S/c1-13-21(34-22(30-13)15-2-4-16(5-3-15)24(27,28)29)23(33)31-10-8-14(9-11-31)20(32)18-12-17(25)6-7-19(18)26/h2-7,12,14H,8-11H2,1H3. The number of halogens is 5. The molecule has 0 N–H and O–H groups in total. The highest BCUT2D eigenvalue weighted by molar-refractivity contribution is 7.17. The Morgan fingerprint density at radius 1 is 1.03 bits per heavy atom. The molecule has 1 amide bonds. The van der Waals surface area contributed by atoms with Gasteiger partial charge in [-0.25, -0.2) is 13.8 Å². The molecule has 1 saturated heterocycles. The molecule has 0 saturated carbocycles. The van der Waals surface area contributed by atoms with Crippen LogP contribution >= 0.6 is 11.3 Å². The summed E-state index contributed by atoms with van der Waals surface area (Å²) in [7, 11) is 0. The van der Waals surface area contributed by atoms with Crippen LogP contribution in [-0.4, -0.2) is 34.7 Å². The van der Waals surface area contributed by atoms with Gasteiger partial charge >= 0.3 is 6.18 Å². The number of alkyl halides is 3. The Morgan fingerprint density at radius 3 is 2.29 bits per heavy atom. The Balaban J connectivity index is 1.44. The molecule has 1 aromatic heterocycles. The summed E-state index contributed by atoms with van der Waals surface area (Å²) in [5.41, 5.74) is -0.118. The number of ketones is 1. The summed E-state index contributed by atoms with van der Waals surface area (Å²) >= 11 is 1.09. The molecule has 3 aromatic rings. The number of hydrogen-bond donors (Lipinski definition) is 0. The third-order valence-corrected chi connectivity index (χ3v) is 6.99. The van der Waals surface area contributed by atoms with E-state index in [0.29, 0.717) is 34.0 Å². The number of likely N-dealkylation sites (tertiary alicyclic amines) is 1. The quantitative estimate of drug-likeness (QED) is 0.323. The molecule has 178 valence electrons. The van der Waals surface area contributed by atoms with E-state index < -0.39 is 35.1 Å². The SMILES string of the molecule is Cc1nc(-c2ccc(C(F)(F)F)cc2)sc1C(=O)N1CCC(C(=O)c2cc(F)ccc2F)CC1. The van der Waals surface area contributed by atoms with Crippen molar-refractivity contribution in [2.75, 3.05) is 13.1 Å². The van der Waals surface area contributed by atoms with Gasteiger partial charge in [-0.3, -0.25) is 9.59 Å². The number of piperidine rings is 1. The molecule has 0 radical (unpaired) electrons. The number of benzene rings is 2. The summed E-state index contributed by atoms with van der Waals surface area (Å²) in [5, 5.41) is 0.432. The van der Waals surface area contributed by atoms with Crippen molar-refractivity contribution >= 4 is 23.0 Å². The zero-order chi connectivity index (χ0) is 24.6. The molecule has 2 aromatic carbocycles. The van der Waals surface area contributed by atoms with E-state index in [4.69, 9.17) is 0 Å². The van der Waals surface area contributed by atoms with Crippen LogP contribution in [0.1, 0.15) is 44.1 Å². The fourth-order valence-corrected chi connectivity index (χ4v) is 4.95. The van der Waals surface area contributed by atoms with Crippen molar-refractivity contribution in [2.45, 2.75) is 25.9 Å². The van der Waals surface area contributed by atoms with E-state index >= 15 is 0 Å². The van der Waals surface area contributed by atoms with Gasteiger partial charge in [-0.15, -0.1) is 11.3 Å². The zero-order valence-electron chi connectivity index (χ0n) is 18.0. The first-order valence-electron chi connectivity index (χ1n) is 10.5. The Morgan fingerprint density at radius 2 is 1.68 bits per heavy atom. The Hall–Kier alpha value is -3.14. The monoisotopic (exact) mass is 494 g/mol. The van der Waals surface area contributed by atoms with E-state index in [0.717, 1.165) is 41.7 Å². The first kappa shape index (κ1) is 24.0.